The van der Waals surface area contributed by atoms with E-state index in [1.165, 1.54) is 51.8 Å². The molecule has 9 heteroatoms. The lowest BCUT2D eigenvalue weighted by atomic mass is 10.1. The van der Waals surface area contributed by atoms with Gasteiger partial charge in [-0.05, 0) is 17.7 Å². The minimum absolute atomic E-state index is 0.0282. The average Bonchev–Trinajstić information content (AvgIpc) is 2.67. The molecule has 2 rings (SSSR count). The van der Waals surface area contributed by atoms with Crippen molar-refractivity contribution in [2.75, 3.05) is 21.3 Å². The number of carbonyl (C=O) groups is 1. The highest BCUT2D eigenvalue weighted by molar-refractivity contribution is 5.85. The van der Waals surface area contributed by atoms with Crippen LogP contribution in [0.3, 0.4) is 0 Å². The number of rotatable bonds is 8. The Kier molecular flexibility index (Phi) is 6.70. The van der Waals surface area contributed by atoms with Crippen molar-refractivity contribution >= 4 is 17.8 Å². The van der Waals surface area contributed by atoms with Crippen molar-refractivity contribution in [2.24, 2.45) is 5.10 Å². The Morgan fingerprint density at radius 3 is 2.19 bits per heavy atom. The van der Waals surface area contributed by atoms with Crippen LogP contribution in [0.1, 0.15) is 11.1 Å². The summed E-state index contributed by atoms with van der Waals surface area (Å²) in [5.74, 6) is 1.04. The summed E-state index contributed by atoms with van der Waals surface area (Å²) < 4.78 is 15.7. The standard InChI is InChI=1S/C18H19N3O6/c1-25-15-8-13(9-16(26-2)18(15)27-3)11-19-20-17(22)10-12-4-6-14(7-5-12)21(23)24/h4-9,11H,10H2,1-3H3,(H,20,22). The number of nitro benzene ring substituents is 1. The molecule has 0 atom stereocenters. The van der Waals surface area contributed by atoms with Crippen LogP contribution in [-0.2, 0) is 11.2 Å². The van der Waals surface area contributed by atoms with Gasteiger partial charge in [-0.1, -0.05) is 12.1 Å². The molecule has 0 aromatic heterocycles. The van der Waals surface area contributed by atoms with Crippen LogP contribution in [0.5, 0.6) is 17.2 Å². The minimum Gasteiger partial charge on any atom is -0.493 e. The molecule has 0 saturated heterocycles. The Bertz CT molecular complexity index is 824. The number of nitro groups is 1. The predicted octanol–water partition coefficient (Wildman–Crippen LogP) is 2.31. The van der Waals surface area contributed by atoms with Crippen LogP contribution in [0.25, 0.3) is 0 Å². The zero-order valence-electron chi connectivity index (χ0n) is 15.1. The van der Waals surface area contributed by atoms with E-state index in [4.69, 9.17) is 14.2 Å². The van der Waals surface area contributed by atoms with Gasteiger partial charge in [-0.3, -0.25) is 14.9 Å². The van der Waals surface area contributed by atoms with Gasteiger partial charge in [-0.15, -0.1) is 0 Å². The maximum Gasteiger partial charge on any atom is 0.269 e. The van der Waals surface area contributed by atoms with E-state index < -0.39 is 4.92 Å². The van der Waals surface area contributed by atoms with Crippen LogP contribution in [0.15, 0.2) is 41.5 Å². The molecule has 2 aromatic carbocycles. The summed E-state index contributed by atoms with van der Waals surface area (Å²) in [7, 11) is 4.51. The first-order chi connectivity index (χ1) is 13.0. The van der Waals surface area contributed by atoms with Crippen molar-refractivity contribution in [3.8, 4) is 17.2 Å². The summed E-state index contributed by atoms with van der Waals surface area (Å²) in [5, 5.41) is 14.5. The van der Waals surface area contributed by atoms with Gasteiger partial charge in [0, 0.05) is 17.7 Å². The lowest BCUT2D eigenvalue weighted by Gasteiger charge is -2.12. The molecule has 2 aromatic rings. The van der Waals surface area contributed by atoms with E-state index in [2.05, 4.69) is 10.5 Å². The van der Waals surface area contributed by atoms with Crippen molar-refractivity contribution in [3.63, 3.8) is 0 Å². The zero-order chi connectivity index (χ0) is 19.8. The smallest absolute Gasteiger partial charge is 0.269 e. The number of non-ortho nitro benzene ring substituents is 1. The van der Waals surface area contributed by atoms with Crippen molar-refractivity contribution in [1.29, 1.82) is 0 Å². The first-order valence-corrected chi connectivity index (χ1v) is 7.83. The third-order valence-corrected chi connectivity index (χ3v) is 3.60. The lowest BCUT2D eigenvalue weighted by Crippen LogP contribution is -2.19. The van der Waals surface area contributed by atoms with Crippen LogP contribution in [0, 0.1) is 10.1 Å². The van der Waals surface area contributed by atoms with Gasteiger partial charge in [-0.2, -0.15) is 5.10 Å². The number of amides is 1. The zero-order valence-corrected chi connectivity index (χ0v) is 15.1. The first kappa shape index (κ1) is 19.7. The Balaban J connectivity index is 2.02. The number of hydrazone groups is 1. The van der Waals surface area contributed by atoms with E-state index >= 15 is 0 Å². The first-order valence-electron chi connectivity index (χ1n) is 7.83. The number of ether oxygens (including phenoxy) is 3. The van der Waals surface area contributed by atoms with E-state index in [0.29, 0.717) is 28.4 Å². The maximum atomic E-state index is 11.9. The second-order valence-corrected chi connectivity index (χ2v) is 5.35. The molecule has 1 N–H and O–H groups in total. The SMILES string of the molecule is COc1cc(C=NNC(=O)Cc2ccc([N+](=O)[O-])cc2)cc(OC)c1OC. The molecule has 0 unspecified atom stereocenters. The summed E-state index contributed by atoms with van der Waals surface area (Å²) in [6.45, 7) is 0. The van der Waals surface area contributed by atoms with Crippen molar-refractivity contribution in [2.45, 2.75) is 6.42 Å². The number of benzene rings is 2. The molecule has 9 nitrogen and oxygen atoms in total. The Labute approximate surface area is 155 Å². The summed E-state index contributed by atoms with van der Waals surface area (Å²) in [6, 6.07) is 9.13. The topological polar surface area (TPSA) is 112 Å². The third kappa shape index (κ3) is 5.18. The summed E-state index contributed by atoms with van der Waals surface area (Å²) in [5.41, 5.74) is 3.66. The number of nitrogens with one attached hydrogen (secondary N) is 1. The van der Waals surface area contributed by atoms with Gasteiger partial charge < -0.3 is 14.2 Å². The quantitative estimate of drug-likeness (QED) is 0.432. The highest BCUT2D eigenvalue weighted by atomic mass is 16.6. The minimum atomic E-state index is -0.494. The molecule has 0 fully saturated rings. The van der Waals surface area contributed by atoms with Crippen LogP contribution in [0.4, 0.5) is 5.69 Å². The summed E-state index contributed by atoms with van der Waals surface area (Å²) in [6.07, 6.45) is 1.49. The van der Waals surface area contributed by atoms with E-state index in [1.54, 1.807) is 12.1 Å². The number of methoxy groups -OCH3 is 3. The molecule has 0 aliphatic rings. The van der Waals surface area contributed by atoms with Gasteiger partial charge >= 0.3 is 0 Å². The van der Waals surface area contributed by atoms with E-state index in [0.717, 1.165) is 0 Å². The maximum absolute atomic E-state index is 11.9. The molecule has 0 heterocycles. The van der Waals surface area contributed by atoms with E-state index in [-0.39, 0.29) is 18.0 Å². The molecule has 0 aliphatic carbocycles. The van der Waals surface area contributed by atoms with Gasteiger partial charge in [0.05, 0.1) is 38.9 Å². The average molecular weight is 373 g/mol. The van der Waals surface area contributed by atoms with Gasteiger partial charge in [0.25, 0.3) is 5.69 Å². The number of carbonyl (C=O) groups excluding carboxylic acids is 1. The van der Waals surface area contributed by atoms with Gasteiger partial charge in [0.2, 0.25) is 11.7 Å². The van der Waals surface area contributed by atoms with Crippen molar-refractivity contribution < 1.29 is 23.9 Å². The molecule has 0 bridgehead atoms. The van der Waals surface area contributed by atoms with Crippen LogP contribution in [0.2, 0.25) is 0 Å². The molecule has 1 amide bonds. The molecule has 0 spiro atoms. The number of hydrogen-bond donors (Lipinski definition) is 1. The van der Waals surface area contributed by atoms with E-state index in [9.17, 15) is 14.9 Å². The molecule has 0 saturated carbocycles. The fourth-order valence-electron chi connectivity index (χ4n) is 2.32. The molecule has 142 valence electrons. The second kappa shape index (κ2) is 9.18. The predicted molar refractivity (Wildman–Crippen MR) is 98.6 cm³/mol. The Morgan fingerprint density at radius 1 is 1.11 bits per heavy atom. The number of hydrogen-bond acceptors (Lipinski definition) is 7. The van der Waals surface area contributed by atoms with Crippen LogP contribution in [-0.4, -0.2) is 38.4 Å². The Hall–Kier alpha value is -3.62. The van der Waals surface area contributed by atoms with Gasteiger partial charge in [0.15, 0.2) is 11.5 Å². The van der Waals surface area contributed by atoms with Crippen LogP contribution < -0.4 is 19.6 Å². The molecular formula is C18H19N3O6. The van der Waals surface area contributed by atoms with Crippen molar-refractivity contribution in [3.05, 3.63) is 57.6 Å². The normalized spacial score (nSPS) is 10.5. The summed E-state index contributed by atoms with van der Waals surface area (Å²) >= 11 is 0. The fraction of sp³-hybridized carbons (Fsp3) is 0.222. The Morgan fingerprint density at radius 2 is 1.70 bits per heavy atom. The molecule has 0 aliphatic heterocycles. The number of nitrogens with zero attached hydrogens (tertiary/aromatic N) is 2. The van der Waals surface area contributed by atoms with Gasteiger partial charge in [-0.25, -0.2) is 5.43 Å². The highest BCUT2D eigenvalue weighted by Gasteiger charge is 2.12. The molecular weight excluding hydrogens is 354 g/mol. The second-order valence-electron chi connectivity index (χ2n) is 5.35. The van der Waals surface area contributed by atoms with Crippen LogP contribution >= 0.6 is 0 Å². The highest BCUT2D eigenvalue weighted by Crippen LogP contribution is 2.37. The lowest BCUT2D eigenvalue weighted by molar-refractivity contribution is -0.384. The summed E-state index contributed by atoms with van der Waals surface area (Å²) in [4.78, 5) is 22.1. The third-order valence-electron chi connectivity index (χ3n) is 3.60. The van der Waals surface area contributed by atoms with Gasteiger partial charge in [0.1, 0.15) is 0 Å². The molecule has 27 heavy (non-hydrogen) atoms. The van der Waals surface area contributed by atoms with E-state index in [1.807, 2.05) is 0 Å². The fourth-order valence-corrected chi connectivity index (χ4v) is 2.32. The molecule has 0 radical (unpaired) electrons. The van der Waals surface area contributed by atoms with Crippen molar-refractivity contribution in [1.82, 2.24) is 5.43 Å². The monoisotopic (exact) mass is 373 g/mol. The largest absolute Gasteiger partial charge is 0.493 e.